The maximum Gasteiger partial charge on any atom is 0.122 e. The lowest BCUT2D eigenvalue weighted by molar-refractivity contribution is 0.334. The van der Waals surface area contributed by atoms with Crippen LogP contribution in [0.3, 0.4) is 0 Å². The molecule has 1 atom stereocenters. The Bertz CT molecular complexity index is 394. The minimum Gasteiger partial charge on any atom is -0.507 e. The van der Waals surface area contributed by atoms with Crippen LogP contribution in [0.4, 0.5) is 0 Å². The van der Waals surface area contributed by atoms with Crippen molar-refractivity contribution in [2.45, 2.75) is 65.0 Å². The molecule has 2 nitrogen and oxygen atoms in total. The Labute approximate surface area is 117 Å². The highest BCUT2D eigenvalue weighted by Crippen LogP contribution is 2.26. The van der Waals surface area contributed by atoms with Crippen LogP contribution in [-0.4, -0.2) is 11.1 Å². The number of phenolic OH excluding ortho intramolecular Hbond substituents is 1. The monoisotopic (exact) mass is 261 g/mol. The fourth-order valence-corrected chi connectivity index (χ4v) is 3.11. The maximum atomic E-state index is 10.0. The molecule has 1 fully saturated rings. The van der Waals surface area contributed by atoms with Gasteiger partial charge in [0.1, 0.15) is 5.75 Å². The molecule has 1 aromatic rings. The lowest BCUT2D eigenvalue weighted by Gasteiger charge is -2.24. The van der Waals surface area contributed by atoms with E-state index in [1.54, 1.807) is 0 Å². The van der Waals surface area contributed by atoms with E-state index >= 15 is 0 Å². The van der Waals surface area contributed by atoms with Crippen molar-refractivity contribution < 1.29 is 5.11 Å². The number of benzene rings is 1. The predicted octanol–water partition coefficient (Wildman–Crippen LogP) is 4.15. The van der Waals surface area contributed by atoms with E-state index in [-0.39, 0.29) is 0 Å². The van der Waals surface area contributed by atoms with Crippen LogP contribution in [-0.2, 0) is 6.54 Å². The lowest BCUT2D eigenvalue weighted by atomic mass is 9.93. The van der Waals surface area contributed by atoms with Crippen LogP contribution in [0.5, 0.6) is 5.75 Å². The molecule has 1 aliphatic carbocycles. The Morgan fingerprint density at radius 1 is 1.21 bits per heavy atom. The van der Waals surface area contributed by atoms with Crippen LogP contribution < -0.4 is 5.32 Å². The summed E-state index contributed by atoms with van der Waals surface area (Å²) in [5, 5.41) is 13.6. The number of rotatable bonds is 4. The third kappa shape index (κ3) is 3.97. The SMILES string of the molecule is Cc1cccc(CN[C@H](C)C2CCCCCC2)c1O. The molecule has 19 heavy (non-hydrogen) atoms. The highest BCUT2D eigenvalue weighted by atomic mass is 16.3. The molecule has 0 spiro atoms. The summed E-state index contributed by atoms with van der Waals surface area (Å²) in [4.78, 5) is 0. The summed E-state index contributed by atoms with van der Waals surface area (Å²) >= 11 is 0. The second kappa shape index (κ2) is 6.95. The summed E-state index contributed by atoms with van der Waals surface area (Å²) in [6, 6.07) is 6.52. The van der Waals surface area contributed by atoms with Gasteiger partial charge in [-0.15, -0.1) is 0 Å². The van der Waals surface area contributed by atoms with Gasteiger partial charge in [0.15, 0.2) is 0 Å². The quantitative estimate of drug-likeness (QED) is 0.798. The number of aryl methyl sites for hydroxylation is 1. The van der Waals surface area contributed by atoms with Gasteiger partial charge in [0.25, 0.3) is 0 Å². The highest BCUT2D eigenvalue weighted by Gasteiger charge is 2.18. The van der Waals surface area contributed by atoms with Gasteiger partial charge in [-0.05, 0) is 38.2 Å². The summed E-state index contributed by atoms with van der Waals surface area (Å²) in [6.45, 7) is 5.02. The van der Waals surface area contributed by atoms with E-state index in [0.29, 0.717) is 11.8 Å². The highest BCUT2D eigenvalue weighted by molar-refractivity contribution is 5.39. The molecule has 2 rings (SSSR count). The van der Waals surface area contributed by atoms with Crippen LogP contribution in [0.2, 0.25) is 0 Å². The number of nitrogens with one attached hydrogen (secondary N) is 1. The Kier molecular flexibility index (Phi) is 5.26. The number of aromatic hydroxyl groups is 1. The van der Waals surface area contributed by atoms with Gasteiger partial charge in [-0.1, -0.05) is 43.9 Å². The van der Waals surface area contributed by atoms with E-state index < -0.39 is 0 Å². The smallest absolute Gasteiger partial charge is 0.122 e. The predicted molar refractivity (Wildman–Crippen MR) is 80.3 cm³/mol. The van der Waals surface area contributed by atoms with Gasteiger partial charge in [-0.25, -0.2) is 0 Å². The van der Waals surface area contributed by atoms with Crippen molar-refractivity contribution in [3.63, 3.8) is 0 Å². The normalized spacial score (nSPS) is 19.1. The van der Waals surface area contributed by atoms with E-state index in [1.807, 2.05) is 25.1 Å². The molecule has 0 saturated heterocycles. The molecule has 0 bridgehead atoms. The first kappa shape index (κ1) is 14.4. The number of phenols is 1. The largest absolute Gasteiger partial charge is 0.507 e. The molecule has 2 heteroatoms. The zero-order valence-corrected chi connectivity index (χ0v) is 12.3. The second-order valence-corrected chi connectivity index (χ2v) is 6.00. The standard InChI is InChI=1S/C17H27NO/c1-13-8-7-11-16(17(13)19)12-18-14(2)15-9-5-3-4-6-10-15/h7-8,11,14-15,18-19H,3-6,9-10,12H2,1-2H3/t14-/m1/s1. The minimum atomic E-state index is 0.447. The number of hydrogen-bond acceptors (Lipinski definition) is 2. The van der Waals surface area contributed by atoms with E-state index in [4.69, 9.17) is 0 Å². The molecular formula is C17H27NO. The fraction of sp³-hybridized carbons (Fsp3) is 0.647. The van der Waals surface area contributed by atoms with E-state index in [2.05, 4.69) is 12.2 Å². The van der Waals surface area contributed by atoms with Crippen LogP contribution in [0.1, 0.15) is 56.6 Å². The molecule has 1 saturated carbocycles. The summed E-state index contributed by atoms with van der Waals surface area (Å²) in [5.74, 6) is 1.25. The summed E-state index contributed by atoms with van der Waals surface area (Å²) in [6.07, 6.45) is 8.28. The zero-order valence-electron chi connectivity index (χ0n) is 12.3. The Hall–Kier alpha value is -1.02. The van der Waals surface area contributed by atoms with Crippen LogP contribution >= 0.6 is 0 Å². The Morgan fingerprint density at radius 2 is 1.89 bits per heavy atom. The molecule has 106 valence electrons. The summed E-state index contributed by atoms with van der Waals surface area (Å²) < 4.78 is 0. The summed E-state index contributed by atoms with van der Waals surface area (Å²) in [5.41, 5.74) is 1.97. The van der Waals surface area contributed by atoms with E-state index in [1.165, 1.54) is 38.5 Å². The van der Waals surface area contributed by atoms with Crippen molar-refractivity contribution >= 4 is 0 Å². The molecule has 1 aliphatic rings. The minimum absolute atomic E-state index is 0.447. The van der Waals surface area contributed by atoms with Crippen LogP contribution in [0.15, 0.2) is 18.2 Å². The molecule has 0 aliphatic heterocycles. The molecule has 2 N–H and O–H groups in total. The second-order valence-electron chi connectivity index (χ2n) is 6.00. The molecular weight excluding hydrogens is 234 g/mol. The van der Waals surface area contributed by atoms with Crippen molar-refractivity contribution in [2.24, 2.45) is 5.92 Å². The topological polar surface area (TPSA) is 32.3 Å². The molecule has 1 aromatic carbocycles. The number of hydrogen-bond donors (Lipinski definition) is 2. The first-order chi connectivity index (χ1) is 9.18. The third-order valence-electron chi connectivity index (χ3n) is 4.54. The average Bonchev–Trinajstić information content (AvgIpc) is 2.69. The van der Waals surface area contributed by atoms with E-state index in [9.17, 15) is 5.11 Å². The van der Waals surface area contributed by atoms with Gasteiger partial charge >= 0.3 is 0 Å². The first-order valence-corrected chi connectivity index (χ1v) is 7.69. The van der Waals surface area contributed by atoms with Crippen LogP contribution in [0, 0.1) is 12.8 Å². The number of para-hydroxylation sites is 1. The fourth-order valence-electron chi connectivity index (χ4n) is 3.11. The van der Waals surface area contributed by atoms with Gasteiger partial charge in [0, 0.05) is 18.2 Å². The van der Waals surface area contributed by atoms with Crippen LogP contribution in [0.25, 0.3) is 0 Å². The van der Waals surface area contributed by atoms with Gasteiger partial charge in [0.05, 0.1) is 0 Å². The van der Waals surface area contributed by atoms with Crippen molar-refractivity contribution in [1.82, 2.24) is 5.32 Å². The lowest BCUT2D eigenvalue weighted by Crippen LogP contribution is -2.33. The van der Waals surface area contributed by atoms with E-state index in [0.717, 1.165) is 23.6 Å². The third-order valence-corrected chi connectivity index (χ3v) is 4.54. The molecule has 0 unspecified atom stereocenters. The van der Waals surface area contributed by atoms with Crippen molar-refractivity contribution in [1.29, 1.82) is 0 Å². The van der Waals surface area contributed by atoms with Gasteiger partial charge in [-0.2, -0.15) is 0 Å². The van der Waals surface area contributed by atoms with Crippen molar-refractivity contribution in [3.8, 4) is 5.75 Å². The molecule has 0 radical (unpaired) electrons. The summed E-state index contributed by atoms with van der Waals surface area (Å²) in [7, 11) is 0. The molecule has 0 heterocycles. The average molecular weight is 261 g/mol. The maximum absolute atomic E-state index is 10.0. The molecule has 0 aromatic heterocycles. The Morgan fingerprint density at radius 3 is 2.58 bits per heavy atom. The van der Waals surface area contributed by atoms with Gasteiger partial charge in [0.2, 0.25) is 0 Å². The Balaban J connectivity index is 1.88. The first-order valence-electron chi connectivity index (χ1n) is 7.69. The van der Waals surface area contributed by atoms with Crippen molar-refractivity contribution in [3.05, 3.63) is 29.3 Å². The zero-order chi connectivity index (χ0) is 13.7. The van der Waals surface area contributed by atoms with Gasteiger partial charge < -0.3 is 10.4 Å². The van der Waals surface area contributed by atoms with Crippen molar-refractivity contribution in [2.75, 3.05) is 0 Å². The molecule has 0 amide bonds. The van der Waals surface area contributed by atoms with Gasteiger partial charge in [-0.3, -0.25) is 0 Å².